The lowest BCUT2D eigenvalue weighted by molar-refractivity contribution is 0.0420. The average molecular weight is 311 g/mol. The Morgan fingerprint density at radius 2 is 2.14 bits per heavy atom. The molecule has 0 aromatic carbocycles. The third-order valence-electron chi connectivity index (χ3n) is 5.12. The van der Waals surface area contributed by atoms with E-state index in [1.165, 1.54) is 32.1 Å². The van der Waals surface area contributed by atoms with Crippen LogP contribution in [0.1, 0.15) is 51.9 Å². The minimum Gasteiger partial charge on any atom is -0.379 e. The highest BCUT2D eigenvalue weighted by Crippen LogP contribution is 2.40. The Hall–Kier alpha value is -0.810. The van der Waals surface area contributed by atoms with E-state index in [9.17, 15) is 0 Å². The Morgan fingerprint density at radius 3 is 2.77 bits per heavy atom. The summed E-state index contributed by atoms with van der Waals surface area (Å²) in [6.07, 6.45) is 9.06. The topological polar surface area (TPSA) is 54.9 Å². The van der Waals surface area contributed by atoms with Gasteiger partial charge in [0.2, 0.25) is 0 Å². The van der Waals surface area contributed by atoms with Gasteiger partial charge in [0, 0.05) is 33.4 Å². The second kappa shape index (κ2) is 9.36. The molecule has 2 rings (SSSR count). The van der Waals surface area contributed by atoms with Crippen molar-refractivity contribution in [3.05, 3.63) is 0 Å². The van der Waals surface area contributed by atoms with Crippen LogP contribution in [0.3, 0.4) is 0 Å². The van der Waals surface area contributed by atoms with E-state index in [4.69, 9.17) is 9.47 Å². The van der Waals surface area contributed by atoms with Crippen molar-refractivity contribution in [3.63, 3.8) is 0 Å². The first-order valence-electron chi connectivity index (χ1n) is 8.92. The van der Waals surface area contributed by atoms with Crippen molar-refractivity contribution >= 4 is 5.96 Å². The SMILES string of the molecule is CCC1(CNC(=NC)NCCCOC2CCOC2)CCCC1. The lowest BCUT2D eigenvalue weighted by atomic mass is 9.83. The summed E-state index contributed by atoms with van der Waals surface area (Å²) in [5, 5.41) is 6.90. The average Bonchev–Trinajstić information content (AvgIpc) is 3.22. The zero-order chi connectivity index (χ0) is 15.7. The minimum atomic E-state index is 0.309. The molecule has 1 saturated carbocycles. The van der Waals surface area contributed by atoms with Crippen molar-refractivity contribution < 1.29 is 9.47 Å². The molecule has 0 spiro atoms. The van der Waals surface area contributed by atoms with Gasteiger partial charge in [0.25, 0.3) is 0 Å². The largest absolute Gasteiger partial charge is 0.379 e. The van der Waals surface area contributed by atoms with Crippen molar-refractivity contribution in [2.75, 3.05) is 40.0 Å². The Balaban J connectivity index is 1.56. The summed E-state index contributed by atoms with van der Waals surface area (Å²) >= 11 is 0. The number of rotatable bonds is 8. The zero-order valence-corrected chi connectivity index (χ0v) is 14.3. The first-order valence-corrected chi connectivity index (χ1v) is 8.92. The van der Waals surface area contributed by atoms with Gasteiger partial charge in [0.05, 0.1) is 12.7 Å². The van der Waals surface area contributed by atoms with Crippen molar-refractivity contribution in [1.29, 1.82) is 0 Å². The molecule has 0 radical (unpaired) electrons. The normalized spacial score (nSPS) is 24.6. The van der Waals surface area contributed by atoms with E-state index in [-0.39, 0.29) is 0 Å². The summed E-state index contributed by atoms with van der Waals surface area (Å²) in [5.41, 5.74) is 0.489. The fourth-order valence-electron chi connectivity index (χ4n) is 3.45. The van der Waals surface area contributed by atoms with Gasteiger partial charge in [-0.1, -0.05) is 19.8 Å². The second-order valence-corrected chi connectivity index (χ2v) is 6.62. The lowest BCUT2D eigenvalue weighted by Gasteiger charge is -2.28. The molecule has 2 aliphatic rings. The number of guanidine groups is 1. The summed E-state index contributed by atoms with van der Waals surface area (Å²) in [4.78, 5) is 4.32. The summed E-state index contributed by atoms with van der Waals surface area (Å²) in [6, 6.07) is 0. The maximum absolute atomic E-state index is 5.77. The number of hydrogen-bond donors (Lipinski definition) is 2. The van der Waals surface area contributed by atoms with Crippen LogP contribution in [-0.4, -0.2) is 52.0 Å². The maximum Gasteiger partial charge on any atom is 0.190 e. The van der Waals surface area contributed by atoms with E-state index in [0.29, 0.717) is 11.5 Å². The highest BCUT2D eigenvalue weighted by Gasteiger charge is 2.31. The smallest absolute Gasteiger partial charge is 0.190 e. The standard InChI is InChI=1S/C17H33N3O2/c1-3-17(8-4-5-9-17)14-20-16(18-2)19-10-6-11-22-15-7-12-21-13-15/h15H,3-14H2,1-2H3,(H2,18,19,20). The molecule has 1 aliphatic carbocycles. The molecular weight excluding hydrogens is 278 g/mol. The predicted molar refractivity (Wildman–Crippen MR) is 90.3 cm³/mol. The molecule has 1 unspecified atom stereocenters. The van der Waals surface area contributed by atoms with Crippen molar-refractivity contribution in [1.82, 2.24) is 10.6 Å². The Bertz CT molecular complexity index is 335. The van der Waals surface area contributed by atoms with Crippen LogP contribution in [-0.2, 0) is 9.47 Å². The molecule has 1 atom stereocenters. The summed E-state index contributed by atoms with van der Waals surface area (Å²) in [5.74, 6) is 0.920. The molecule has 1 aliphatic heterocycles. The van der Waals surface area contributed by atoms with Crippen LogP contribution in [0.25, 0.3) is 0 Å². The van der Waals surface area contributed by atoms with Gasteiger partial charge in [-0.2, -0.15) is 0 Å². The monoisotopic (exact) mass is 311 g/mol. The fourth-order valence-corrected chi connectivity index (χ4v) is 3.45. The summed E-state index contributed by atoms with van der Waals surface area (Å²) in [6.45, 7) is 6.64. The predicted octanol–water partition coefficient (Wildman–Crippen LogP) is 2.32. The molecule has 2 N–H and O–H groups in total. The first-order chi connectivity index (χ1) is 10.8. The van der Waals surface area contributed by atoms with Crippen molar-refractivity contribution in [2.45, 2.75) is 58.0 Å². The number of nitrogens with one attached hydrogen (secondary N) is 2. The van der Waals surface area contributed by atoms with E-state index < -0.39 is 0 Å². The van der Waals surface area contributed by atoms with E-state index in [1.54, 1.807) is 0 Å². The van der Waals surface area contributed by atoms with Crippen LogP contribution in [0.15, 0.2) is 4.99 Å². The van der Waals surface area contributed by atoms with Gasteiger partial charge in [-0.3, -0.25) is 4.99 Å². The van der Waals surface area contributed by atoms with Crippen LogP contribution >= 0.6 is 0 Å². The minimum absolute atomic E-state index is 0.309. The first kappa shape index (κ1) is 17.5. The number of nitrogens with zero attached hydrogens (tertiary/aromatic N) is 1. The molecule has 5 heteroatoms. The molecule has 1 saturated heterocycles. The highest BCUT2D eigenvalue weighted by atomic mass is 16.5. The molecule has 0 aromatic heterocycles. The quantitative estimate of drug-likeness (QED) is 0.410. The number of ether oxygens (including phenoxy) is 2. The van der Waals surface area contributed by atoms with Crippen LogP contribution in [0.5, 0.6) is 0 Å². The molecule has 0 bridgehead atoms. The molecular formula is C17H33N3O2. The van der Waals surface area contributed by atoms with Gasteiger partial charge < -0.3 is 20.1 Å². The Labute approximate surface area is 135 Å². The van der Waals surface area contributed by atoms with Crippen molar-refractivity contribution in [3.8, 4) is 0 Å². The summed E-state index contributed by atoms with van der Waals surface area (Å²) < 4.78 is 11.1. The third kappa shape index (κ3) is 5.43. The van der Waals surface area contributed by atoms with E-state index >= 15 is 0 Å². The van der Waals surface area contributed by atoms with Crippen LogP contribution < -0.4 is 10.6 Å². The van der Waals surface area contributed by atoms with Crippen molar-refractivity contribution in [2.24, 2.45) is 10.4 Å². The van der Waals surface area contributed by atoms with Crippen LogP contribution in [0.2, 0.25) is 0 Å². The number of hydrogen-bond acceptors (Lipinski definition) is 3. The molecule has 1 heterocycles. The van der Waals surface area contributed by atoms with Gasteiger partial charge in [0.1, 0.15) is 0 Å². The lowest BCUT2D eigenvalue weighted by Crippen LogP contribution is -2.43. The Kier molecular flexibility index (Phi) is 7.46. The molecule has 0 aromatic rings. The Morgan fingerprint density at radius 1 is 1.32 bits per heavy atom. The van der Waals surface area contributed by atoms with E-state index in [2.05, 4.69) is 22.5 Å². The van der Waals surface area contributed by atoms with Crippen LogP contribution in [0, 0.1) is 5.41 Å². The van der Waals surface area contributed by atoms with Gasteiger partial charge in [-0.15, -0.1) is 0 Å². The molecule has 5 nitrogen and oxygen atoms in total. The second-order valence-electron chi connectivity index (χ2n) is 6.62. The number of aliphatic imine (C=N–C) groups is 1. The molecule has 2 fully saturated rings. The molecule has 128 valence electrons. The van der Waals surface area contributed by atoms with Gasteiger partial charge >= 0.3 is 0 Å². The van der Waals surface area contributed by atoms with Gasteiger partial charge in [0.15, 0.2) is 5.96 Å². The fraction of sp³-hybridized carbons (Fsp3) is 0.941. The highest BCUT2D eigenvalue weighted by molar-refractivity contribution is 5.79. The molecule has 22 heavy (non-hydrogen) atoms. The third-order valence-corrected chi connectivity index (χ3v) is 5.12. The van der Waals surface area contributed by atoms with Gasteiger partial charge in [-0.25, -0.2) is 0 Å². The summed E-state index contributed by atoms with van der Waals surface area (Å²) in [7, 11) is 1.84. The van der Waals surface area contributed by atoms with E-state index in [0.717, 1.165) is 51.7 Å². The van der Waals surface area contributed by atoms with Gasteiger partial charge in [-0.05, 0) is 37.5 Å². The van der Waals surface area contributed by atoms with Crippen LogP contribution in [0.4, 0.5) is 0 Å². The maximum atomic E-state index is 5.77. The molecule has 0 amide bonds. The van der Waals surface area contributed by atoms with E-state index in [1.807, 2.05) is 7.05 Å². The zero-order valence-electron chi connectivity index (χ0n) is 14.3.